The number of amides is 1. The molecule has 0 fully saturated rings. The third-order valence-electron chi connectivity index (χ3n) is 2.07. The van der Waals surface area contributed by atoms with Gasteiger partial charge in [-0.3, -0.25) is 9.59 Å². The Morgan fingerprint density at radius 1 is 1.24 bits per heavy atom. The number of aromatic nitrogens is 2. The summed E-state index contributed by atoms with van der Waals surface area (Å²) in [5, 5.41) is 8.10. The number of carbonyl (C=O) groups excluding carboxylic acids is 1. The van der Waals surface area contributed by atoms with Gasteiger partial charge < -0.3 is 5.32 Å². The van der Waals surface area contributed by atoms with Crippen LogP contribution in [0.25, 0.3) is 0 Å². The van der Waals surface area contributed by atoms with Crippen molar-refractivity contribution in [3.8, 4) is 0 Å². The summed E-state index contributed by atoms with van der Waals surface area (Å²) in [6, 6.07) is 6.54. The van der Waals surface area contributed by atoms with Crippen molar-refractivity contribution in [3.63, 3.8) is 0 Å². The van der Waals surface area contributed by atoms with E-state index >= 15 is 0 Å². The topological polar surface area (TPSA) is 74.8 Å². The van der Waals surface area contributed by atoms with Crippen molar-refractivity contribution in [1.29, 1.82) is 0 Å². The van der Waals surface area contributed by atoms with Gasteiger partial charge >= 0.3 is 0 Å². The highest BCUT2D eigenvalue weighted by Crippen LogP contribution is 2.08. The van der Waals surface area contributed by atoms with Gasteiger partial charge in [-0.1, -0.05) is 0 Å². The number of carbonyl (C=O) groups is 1. The predicted octanol–water partition coefficient (Wildman–Crippen LogP) is 1.16. The van der Waals surface area contributed by atoms with E-state index in [0.717, 1.165) is 0 Å². The molecule has 2 aromatic rings. The fourth-order valence-electron chi connectivity index (χ4n) is 1.25. The Morgan fingerprint density at radius 2 is 1.94 bits per heavy atom. The van der Waals surface area contributed by atoms with Crippen LogP contribution in [0.15, 0.2) is 41.3 Å². The summed E-state index contributed by atoms with van der Waals surface area (Å²) < 4.78 is 12.6. The number of halogens is 1. The number of hydrogen-bond donors (Lipinski definition) is 2. The highest BCUT2D eigenvalue weighted by atomic mass is 19.1. The summed E-state index contributed by atoms with van der Waals surface area (Å²) in [4.78, 5) is 22.9. The van der Waals surface area contributed by atoms with Crippen molar-refractivity contribution in [2.24, 2.45) is 0 Å². The maximum Gasteiger partial charge on any atom is 0.277 e. The molecule has 2 rings (SSSR count). The molecule has 0 radical (unpaired) electrons. The molecule has 17 heavy (non-hydrogen) atoms. The summed E-state index contributed by atoms with van der Waals surface area (Å²) in [6.45, 7) is 0. The SMILES string of the molecule is O=C(Nc1ccc(F)cc1)c1ccn[nH]c1=O. The van der Waals surface area contributed by atoms with Crippen LogP contribution in [-0.2, 0) is 0 Å². The molecule has 6 heteroatoms. The summed E-state index contributed by atoms with van der Waals surface area (Å²) >= 11 is 0. The molecule has 0 unspecified atom stereocenters. The Morgan fingerprint density at radius 3 is 2.59 bits per heavy atom. The molecule has 5 nitrogen and oxygen atoms in total. The first kappa shape index (κ1) is 11.0. The van der Waals surface area contributed by atoms with E-state index in [-0.39, 0.29) is 5.56 Å². The molecule has 0 atom stereocenters. The average molecular weight is 233 g/mol. The van der Waals surface area contributed by atoms with E-state index in [9.17, 15) is 14.0 Å². The fourth-order valence-corrected chi connectivity index (χ4v) is 1.25. The zero-order chi connectivity index (χ0) is 12.3. The Hall–Kier alpha value is -2.50. The predicted molar refractivity (Wildman–Crippen MR) is 59.2 cm³/mol. The first-order valence-electron chi connectivity index (χ1n) is 4.77. The molecule has 1 aromatic heterocycles. The molecule has 0 saturated carbocycles. The Balaban J connectivity index is 2.20. The molecule has 1 heterocycles. The monoisotopic (exact) mass is 233 g/mol. The lowest BCUT2D eigenvalue weighted by Gasteiger charge is -2.03. The van der Waals surface area contributed by atoms with Crippen molar-refractivity contribution in [2.75, 3.05) is 5.32 Å². The number of nitrogens with one attached hydrogen (secondary N) is 2. The van der Waals surface area contributed by atoms with E-state index in [4.69, 9.17) is 0 Å². The molecule has 0 aliphatic carbocycles. The van der Waals surface area contributed by atoms with E-state index in [0.29, 0.717) is 5.69 Å². The van der Waals surface area contributed by atoms with Gasteiger partial charge in [-0.05, 0) is 30.3 Å². The first-order valence-corrected chi connectivity index (χ1v) is 4.77. The van der Waals surface area contributed by atoms with Crippen LogP contribution in [0.4, 0.5) is 10.1 Å². The highest BCUT2D eigenvalue weighted by Gasteiger charge is 2.09. The minimum Gasteiger partial charge on any atom is -0.322 e. The minimum absolute atomic E-state index is 0.0516. The smallest absolute Gasteiger partial charge is 0.277 e. The highest BCUT2D eigenvalue weighted by molar-refractivity contribution is 6.03. The van der Waals surface area contributed by atoms with Gasteiger partial charge in [0.15, 0.2) is 0 Å². The maximum absolute atomic E-state index is 12.6. The molecule has 1 aromatic carbocycles. The third-order valence-corrected chi connectivity index (χ3v) is 2.07. The maximum atomic E-state index is 12.6. The van der Waals surface area contributed by atoms with Gasteiger partial charge in [0.2, 0.25) is 0 Å². The summed E-state index contributed by atoms with van der Waals surface area (Å²) in [5.41, 5.74) is -0.218. The number of nitrogens with zero attached hydrogens (tertiary/aromatic N) is 1. The molecule has 1 amide bonds. The zero-order valence-electron chi connectivity index (χ0n) is 8.61. The molecule has 0 aliphatic rings. The van der Waals surface area contributed by atoms with E-state index in [1.54, 1.807) is 0 Å². The van der Waals surface area contributed by atoms with Gasteiger partial charge in [0.05, 0.1) is 0 Å². The van der Waals surface area contributed by atoms with Gasteiger partial charge in [-0.15, -0.1) is 0 Å². The lowest BCUT2D eigenvalue weighted by atomic mass is 10.2. The van der Waals surface area contributed by atoms with Crippen molar-refractivity contribution < 1.29 is 9.18 Å². The quantitative estimate of drug-likeness (QED) is 0.817. The Kier molecular flexibility index (Phi) is 2.95. The van der Waals surface area contributed by atoms with Crippen LogP contribution >= 0.6 is 0 Å². The van der Waals surface area contributed by atoms with Crippen molar-refractivity contribution >= 4 is 11.6 Å². The Bertz CT molecular complexity index is 592. The number of aromatic amines is 1. The van der Waals surface area contributed by atoms with Crippen molar-refractivity contribution in [1.82, 2.24) is 10.2 Å². The van der Waals surface area contributed by atoms with Crippen LogP contribution in [0.3, 0.4) is 0 Å². The van der Waals surface area contributed by atoms with E-state index < -0.39 is 17.3 Å². The second-order valence-corrected chi connectivity index (χ2v) is 3.26. The van der Waals surface area contributed by atoms with Crippen LogP contribution in [0, 0.1) is 5.82 Å². The van der Waals surface area contributed by atoms with Crippen LogP contribution in [0.5, 0.6) is 0 Å². The number of rotatable bonds is 2. The molecule has 0 bridgehead atoms. The molecular weight excluding hydrogens is 225 g/mol. The Labute approximate surface area is 95.3 Å². The molecule has 86 valence electrons. The summed E-state index contributed by atoms with van der Waals surface area (Å²) in [5.74, 6) is -0.968. The molecule has 0 aliphatic heterocycles. The second kappa shape index (κ2) is 4.56. The molecule has 0 saturated heterocycles. The van der Waals surface area contributed by atoms with Crippen LogP contribution in [0.2, 0.25) is 0 Å². The second-order valence-electron chi connectivity index (χ2n) is 3.26. The van der Waals surface area contributed by atoms with Gasteiger partial charge in [-0.25, -0.2) is 9.49 Å². The van der Waals surface area contributed by atoms with E-state index in [1.165, 1.54) is 36.5 Å². The first-order chi connectivity index (χ1) is 8.16. The van der Waals surface area contributed by atoms with Crippen molar-refractivity contribution in [2.45, 2.75) is 0 Å². The number of H-pyrrole nitrogens is 1. The summed E-state index contributed by atoms with van der Waals surface area (Å²) in [7, 11) is 0. The van der Waals surface area contributed by atoms with Gasteiger partial charge in [-0.2, -0.15) is 5.10 Å². The lowest BCUT2D eigenvalue weighted by molar-refractivity contribution is 0.102. The number of hydrogen-bond acceptors (Lipinski definition) is 3. The van der Waals surface area contributed by atoms with Crippen LogP contribution in [0.1, 0.15) is 10.4 Å². The molecule has 0 spiro atoms. The average Bonchev–Trinajstić information content (AvgIpc) is 2.32. The largest absolute Gasteiger partial charge is 0.322 e. The zero-order valence-corrected chi connectivity index (χ0v) is 8.61. The standard InChI is InChI=1S/C11H8FN3O2/c12-7-1-3-8(4-2-7)14-10(16)9-5-6-13-15-11(9)17/h1-6H,(H,14,16)(H,15,17). The van der Waals surface area contributed by atoms with E-state index in [1.807, 2.05) is 0 Å². The van der Waals surface area contributed by atoms with Gasteiger partial charge in [0, 0.05) is 11.9 Å². The molecule has 2 N–H and O–H groups in total. The fraction of sp³-hybridized carbons (Fsp3) is 0. The van der Waals surface area contributed by atoms with Gasteiger partial charge in [0.25, 0.3) is 11.5 Å². The van der Waals surface area contributed by atoms with Crippen LogP contribution < -0.4 is 10.9 Å². The third kappa shape index (κ3) is 2.54. The van der Waals surface area contributed by atoms with Gasteiger partial charge in [0.1, 0.15) is 11.4 Å². The lowest BCUT2D eigenvalue weighted by Crippen LogP contribution is -2.23. The number of anilines is 1. The van der Waals surface area contributed by atoms with Crippen molar-refractivity contribution in [3.05, 3.63) is 58.3 Å². The van der Waals surface area contributed by atoms with E-state index in [2.05, 4.69) is 15.5 Å². The minimum atomic E-state index is -0.577. The summed E-state index contributed by atoms with van der Waals surface area (Å²) in [6.07, 6.45) is 1.31. The normalized spacial score (nSPS) is 9.94. The number of benzene rings is 1. The molecular formula is C11H8FN3O2. The van der Waals surface area contributed by atoms with Crippen LogP contribution in [-0.4, -0.2) is 16.1 Å².